The highest BCUT2D eigenvalue weighted by Gasteiger charge is 2.16. The van der Waals surface area contributed by atoms with Crippen LogP contribution in [0.2, 0.25) is 0 Å². The molecule has 1 aromatic heterocycles. The van der Waals surface area contributed by atoms with Gasteiger partial charge in [0.25, 0.3) is 0 Å². The average molecular weight is 278 g/mol. The van der Waals surface area contributed by atoms with Crippen molar-refractivity contribution in [2.24, 2.45) is 0 Å². The fourth-order valence-corrected chi connectivity index (χ4v) is 3.02. The lowest BCUT2D eigenvalue weighted by Crippen LogP contribution is -2.23. The number of benzene rings is 1. The first-order valence-corrected chi connectivity index (χ1v) is 7.17. The van der Waals surface area contributed by atoms with Crippen LogP contribution < -0.4 is 0 Å². The first kappa shape index (κ1) is 14.0. The van der Waals surface area contributed by atoms with Gasteiger partial charge in [0.2, 0.25) is 0 Å². The van der Waals surface area contributed by atoms with Gasteiger partial charge in [-0.25, -0.2) is 4.98 Å². The second kappa shape index (κ2) is 6.12. The van der Waals surface area contributed by atoms with E-state index in [0.29, 0.717) is 6.42 Å². The third kappa shape index (κ3) is 3.52. The molecule has 1 atom stereocenters. The number of hydrogen-bond donors (Lipinski definition) is 1. The fraction of sp³-hybridized carbons (Fsp3) is 0.429. The summed E-state index contributed by atoms with van der Waals surface area (Å²) < 4.78 is 1.20. The van der Waals surface area contributed by atoms with Gasteiger partial charge in [-0.05, 0) is 39.1 Å². The average Bonchev–Trinajstić information content (AvgIpc) is 2.80. The van der Waals surface area contributed by atoms with E-state index in [1.165, 1.54) is 4.70 Å². The molecule has 0 aliphatic heterocycles. The van der Waals surface area contributed by atoms with E-state index in [-0.39, 0.29) is 12.5 Å². The van der Waals surface area contributed by atoms with Crippen molar-refractivity contribution in [3.05, 3.63) is 29.3 Å². The van der Waals surface area contributed by atoms with Crippen molar-refractivity contribution in [3.63, 3.8) is 0 Å². The molecule has 0 amide bonds. The van der Waals surface area contributed by atoms with Gasteiger partial charge in [0.15, 0.2) is 0 Å². The van der Waals surface area contributed by atoms with E-state index in [1.54, 1.807) is 11.3 Å². The molecule has 2 rings (SSSR count). The van der Waals surface area contributed by atoms with Crippen LogP contribution in [0.3, 0.4) is 0 Å². The lowest BCUT2D eigenvalue weighted by molar-refractivity contribution is -0.137. The van der Waals surface area contributed by atoms with Crippen molar-refractivity contribution in [1.29, 1.82) is 0 Å². The van der Waals surface area contributed by atoms with E-state index < -0.39 is 5.97 Å². The second-order valence-electron chi connectivity index (χ2n) is 4.67. The molecule has 1 aromatic carbocycles. The molecule has 1 N–H and O–H groups in total. The van der Waals surface area contributed by atoms with Gasteiger partial charge in [0.05, 0.1) is 16.3 Å². The molecule has 102 valence electrons. The minimum Gasteiger partial charge on any atom is -0.481 e. The zero-order valence-corrected chi connectivity index (χ0v) is 12.0. The Labute approximate surface area is 116 Å². The van der Waals surface area contributed by atoms with Gasteiger partial charge >= 0.3 is 5.97 Å². The maximum atomic E-state index is 10.5. The predicted molar refractivity (Wildman–Crippen MR) is 77.5 cm³/mol. The van der Waals surface area contributed by atoms with Crippen LogP contribution in [0.5, 0.6) is 0 Å². The molecule has 0 aliphatic carbocycles. The lowest BCUT2D eigenvalue weighted by atomic mass is 10.2. The number of fused-ring (bicyclic) bond motifs is 1. The Kier molecular flexibility index (Phi) is 4.50. The van der Waals surface area contributed by atoms with Crippen molar-refractivity contribution in [2.75, 3.05) is 13.6 Å². The van der Waals surface area contributed by atoms with Gasteiger partial charge in [0, 0.05) is 6.42 Å². The number of nitrogens with zero attached hydrogens (tertiary/aromatic N) is 2. The van der Waals surface area contributed by atoms with Crippen LogP contribution in [0.4, 0.5) is 0 Å². The Morgan fingerprint density at radius 1 is 1.47 bits per heavy atom. The SMILES string of the molecule is C[C@@H](c1nc2ccccc2s1)N(C)CCCC(=O)O. The van der Waals surface area contributed by atoms with E-state index in [1.807, 2.05) is 25.2 Å². The minimum absolute atomic E-state index is 0.214. The summed E-state index contributed by atoms with van der Waals surface area (Å²) in [6, 6.07) is 8.32. The summed E-state index contributed by atoms with van der Waals surface area (Å²) in [4.78, 5) is 17.3. The van der Waals surface area contributed by atoms with Crippen LogP contribution in [0, 0.1) is 0 Å². The summed E-state index contributed by atoms with van der Waals surface area (Å²) in [6.07, 6.45) is 0.887. The molecule has 0 radical (unpaired) electrons. The molecule has 0 fully saturated rings. The van der Waals surface area contributed by atoms with E-state index >= 15 is 0 Å². The molecule has 1 heterocycles. The summed E-state index contributed by atoms with van der Waals surface area (Å²) in [5.41, 5.74) is 1.04. The van der Waals surface area contributed by atoms with Crippen molar-refractivity contribution in [1.82, 2.24) is 9.88 Å². The van der Waals surface area contributed by atoms with Crippen LogP contribution in [-0.2, 0) is 4.79 Å². The molecule has 19 heavy (non-hydrogen) atoms. The van der Waals surface area contributed by atoms with Crippen molar-refractivity contribution < 1.29 is 9.90 Å². The number of para-hydroxylation sites is 1. The molecule has 0 saturated carbocycles. The molecule has 0 unspecified atom stereocenters. The topological polar surface area (TPSA) is 53.4 Å². The zero-order chi connectivity index (χ0) is 13.8. The van der Waals surface area contributed by atoms with Crippen molar-refractivity contribution >= 4 is 27.5 Å². The Morgan fingerprint density at radius 2 is 2.21 bits per heavy atom. The molecule has 0 aliphatic rings. The van der Waals surface area contributed by atoms with E-state index in [2.05, 4.69) is 22.9 Å². The smallest absolute Gasteiger partial charge is 0.303 e. The first-order chi connectivity index (χ1) is 9.08. The van der Waals surface area contributed by atoms with Gasteiger partial charge in [0.1, 0.15) is 5.01 Å². The van der Waals surface area contributed by atoms with Crippen molar-refractivity contribution in [3.8, 4) is 0 Å². The van der Waals surface area contributed by atoms with Gasteiger partial charge in [-0.2, -0.15) is 0 Å². The molecule has 0 bridgehead atoms. The highest BCUT2D eigenvalue weighted by Crippen LogP contribution is 2.28. The fourth-order valence-electron chi connectivity index (χ4n) is 1.93. The number of carbonyl (C=O) groups is 1. The number of hydrogen-bond acceptors (Lipinski definition) is 4. The maximum absolute atomic E-state index is 10.5. The van der Waals surface area contributed by atoms with Gasteiger partial charge in [-0.1, -0.05) is 12.1 Å². The molecule has 0 spiro atoms. The molecule has 0 saturated heterocycles. The minimum atomic E-state index is -0.735. The Balaban J connectivity index is 2.01. The number of aromatic nitrogens is 1. The maximum Gasteiger partial charge on any atom is 0.303 e. The monoisotopic (exact) mass is 278 g/mol. The largest absolute Gasteiger partial charge is 0.481 e. The van der Waals surface area contributed by atoms with E-state index in [4.69, 9.17) is 5.11 Å². The number of carboxylic acids is 1. The molecule has 2 aromatic rings. The lowest BCUT2D eigenvalue weighted by Gasteiger charge is -2.22. The van der Waals surface area contributed by atoms with Gasteiger partial charge < -0.3 is 5.11 Å². The Hall–Kier alpha value is -1.46. The quantitative estimate of drug-likeness (QED) is 0.882. The number of thiazole rings is 1. The Bertz CT molecular complexity index is 534. The predicted octanol–water partition coefficient (Wildman–Crippen LogP) is 3.15. The van der Waals surface area contributed by atoms with Crippen LogP contribution in [0.15, 0.2) is 24.3 Å². The zero-order valence-electron chi connectivity index (χ0n) is 11.2. The highest BCUT2D eigenvalue weighted by atomic mass is 32.1. The van der Waals surface area contributed by atoms with E-state index in [9.17, 15) is 4.79 Å². The van der Waals surface area contributed by atoms with Gasteiger partial charge in [-0.15, -0.1) is 11.3 Å². The second-order valence-corrected chi connectivity index (χ2v) is 5.74. The Morgan fingerprint density at radius 3 is 2.89 bits per heavy atom. The normalized spacial score (nSPS) is 13.0. The molecular formula is C14H18N2O2S. The summed E-state index contributed by atoms with van der Waals surface area (Å²) in [5.74, 6) is -0.735. The third-order valence-corrected chi connectivity index (χ3v) is 4.44. The molecular weight excluding hydrogens is 260 g/mol. The van der Waals surface area contributed by atoms with E-state index in [0.717, 1.165) is 17.1 Å². The summed E-state index contributed by atoms with van der Waals surface area (Å²) in [6.45, 7) is 2.88. The summed E-state index contributed by atoms with van der Waals surface area (Å²) in [5, 5.41) is 9.73. The highest BCUT2D eigenvalue weighted by molar-refractivity contribution is 7.18. The standard InChI is InChI=1S/C14H18N2O2S/c1-10(16(2)9-5-8-13(17)18)14-15-11-6-3-4-7-12(11)19-14/h3-4,6-7,10H,5,8-9H2,1-2H3,(H,17,18)/t10-/m0/s1. The van der Waals surface area contributed by atoms with Crippen LogP contribution in [-0.4, -0.2) is 34.6 Å². The van der Waals surface area contributed by atoms with Crippen molar-refractivity contribution in [2.45, 2.75) is 25.8 Å². The first-order valence-electron chi connectivity index (χ1n) is 6.35. The van der Waals surface area contributed by atoms with Crippen LogP contribution in [0.25, 0.3) is 10.2 Å². The summed E-state index contributed by atoms with van der Waals surface area (Å²) >= 11 is 1.70. The third-order valence-electron chi connectivity index (χ3n) is 3.23. The molecule has 5 heteroatoms. The molecule has 4 nitrogen and oxygen atoms in total. The van der Waals surface area contributed by atoms with Crippen LogP contribution in [0.1, 0.15) is 30.8 Å². The number of aliphatic carboxylic acids is 1. The van der Waals surface area contributed by atoms with Gasteiger partial charge in [-0.3, -0.25) is 9.69 Å². The number of carboxylic acid groups (broad SMARTS) is 1. The summed E-state index contributed by atoms with van der Waals surface area (Å²) in [7, 11) is 2.01. The van der Waals surface area contributed by atoms with Crippen LogP contribution >= 0.6 is 11.3 Å². The number of rotatable bonds is 6.